The second-order valence-electron chi connectivity index (χ2n) is 6.20. The van der Waals surface area contributed by atoms with Crippen LogP contribution >= 0.6 is 0 Å². The van der Waals surface area contributed by atoms with E-state index in [4.69, 9.17) is 5.73 Å². The Morgan fingerprint density at radius 3 is 2.52 bits per heavy atom. The largest absolute Gasteiger partial charge is 0.480 e. The number of carboxylic acid groups (broad SMARTS) is 1. The summed E-state index contributed by atoms with van der Waals surface area (Å²) in [6.45, 7) is 2.88. The van der Waals surface area contributed by atoms with Gasteiger partial charge in [0.25, 0.3) is 5.91 Å². The van der Waals surface area contributed by atoms with Crippen molar-refractivity contribution in [1.29, 1.82) is 0 Å². The lowest BCUT2D eigenvalue weighted by molar-refractivity contribution is -0.139. The highest BCUT2D eigenvalue weighted by molar-refractivity contribution is 5.96. The minimum absolute atomic E-state index is 0.0882. The van der Waals surface area contributed by atoms with Gasteiger partial charge in [-0.1, -0.05) is 19.1 Å². The molecule has 1 aromatic rings. The van der Waals surface area contributed by atoms with Crippen LogP contribution in [0.25, 0.3) is 0 Å². The number of hydrogen-bond donors (Lipinski definition) is 2. The van der Waals surface area contributed by atoms with Gasteiger partial charge < -0.3 is 20.6 Å². The van der Waals surface area contributed by atoms with Crippen LogP contribution in [0.3, 0.4) is 0 Å². The molecule has 2 amide bonds. The van der Waals surface area contributed by atoms with Crippen LogP contribution < -0.4 is 5.73 Å². The molecular weight excluding hydrogens is 322 g/mol. The van der Waals surface area contributed by atoms with Crippen LogP contribution in [0.2, 0.25) is 0 Å². The Morgan fingerprint density at radius 1 is 1.28 bits per heavy atom. The lowest BCUT2D eigenvalue weighted by Crippen LogP contribution is -2.50. The first-order valence-corrected chi connectivity index (χ1v) is 8.55. The minimum Gasteiger partial charge on any atom is -0.480 e. The third-order valence-corrected chi connectivity index (χ3v) is 4.54. The molecule has 0 spiro atoms. The lowest BCUT2D eigenvalue weighted by atomic mass is 10.0. The number of carboxylic acids is 1. The summed E-state index contributed by atoms with van der Waals surface area (Å²) in [6, 6.07) is 6.76. The molecule has 0 unspecified atom stereocenters. The Hall–Kier alpha value is -2.41. The summed E-state index contributed by atoms with van der Waals surface area (Å²) >= 11 is 0. The summed E-state index contributed by atoms with van der Waals surface area (Å²) in [5.74, 6) is -1.27. The van der Waals surface area contributed by atoms with Crippen LogP contribution in [0, 0.1) is 0 Å². The van der Waals surface area contributed by atoms with Gasteiger partial charge in [0.05, 0.1) is 0 Å². The summed E-state index contributed by atoms with van der Waals surface area (Å²) in [6.07, 6.45) is 1.62. The van der Waals surface area contributed by atoms with Crippen LogP contribution in [0.4, 0.5) is 0 Å². The number of nitrogens with two attached hydrogens (primary N) is 1. The van der Waals surface area contributed by atoms with Crippen molar-refractivity contribution in [2.75, 3.05) is 19.6 Å². The number of carbonyl (C=O) groups is 3. The lowest BCUT2D eigenvalue weighted by Gasteiger charge is -2.38. The molecule has 136 valence electrons. The fourth-order valence-corrected chi connectivity index (χ4v) is 3.16. The Labute approximate surface area is 147 Å². The van der Waals surface area contributed by atoms with Gasteiger partial charge in [0.1, 0.15) is 6.54 Å². The zero-order valence-corrected chi connectivity index (χ0v) is 14.5. The minimum atomic E-state index is -1.05. The predicted octanol–water partition coefficient (Wildman–Crippen LogP) is 1.07. The third-order valence-electron chi connectivity index (χ3n) is 4.54. The van der Waals surface area contributed by atoms with Crippen LogP contribution in [-0.2, 0) is 16.1 Å². The second-order valence-corrected chi connectivity index (χ2v) is 6.20. The van der Waals surface area contributed by atoms with E-state index < -0.39 is 5.97 Å². The van der Waals surface area contributed by atoms with Gasteiger partial charge >= 0.3 is 5.97 Å². The van der Waals surface area contributed by atoms with E-state index >= 15 is 0 Å². The molecule has 1 saturated heterocycles. The molecule has 0 aromatic heterocycles. The molecule has 7 heteroatoms. The normalized spacial score (nSPS) is 15.0. The van der Waals surface area contributed by atoms with Crippen molar-refractivity contribution in [2.24, 2.45) is 5.73 Å². The summed E-state index contributed by atoms with van der Waals surface area (Å²) in [7, 11) is 0. The molecule has 0 saturated carbocycles. The number of rotatable bonds is 6. The van der Waals surface area contributed by atoms with Gasteiger partial charge in [0.2, 0.25) is 5.91 Å². The molecule has 7 nitrogen and oxygen atoms in total. The van der Waals surface area contributed by atoms with Gasteiger partial charge in [-0.15, -0.1) is 0 Å². The fourth-order valence-electron chi connectivity index (χ4n) is 3.16. The highest BCUT2D eigenvalue weighted by Gasteiger charge is 2.31. The molecule has 1 aliphatic heterocycles. The molecular formula is C18H25N3O4. The average Bonchev–Trinajstić information content (AvgIpc) is 2.65. The van der Waals surface area contributed by atoms with Crippen LogP contribution in [-0.4, -0.2) is 58.4 Å². The maximum atomic E-state index is 12.9. The van der Waals surface area contributed by atoms with Crippen molar-refractivity contribution in [3.05, 3.63) is 35.4 Å². The Balaban J connectivity index is 2.14. The number of piperidine rings is 1. The van der Waals surface area contributed by atoms with Crippen LogP contribution in [0.15, 0.2) is 24.3 Å². The Kier molecular flexibility index (Phi) is 6.52. The molecule has 0 atom stereocenters. The number of carbonyl (C=O) groups excluding carboxylic acids is 2. The molecule has 0 aliphatic carbocycles. The van der Waals surface area contributed by atoms with Gasteiger partial charge in [-0.25, -0.2) is 0 Å². The smallest absolute Gasteiger partial charge is 0.323 e. The standard InChI is InChI=1S/C18H25N3O4/c1-2-16(22)20-8-6-15(7-9-20)21(12-17(23)24)18(25)14-5-3-4-13(10-14)11-19/h3-5,10,15H,2,6-9,11-12,19H2,1H3,(H,23,24). The Morgan fingerprint density at radius 2 is 1.96 bits per heavy atom. The van der Waals surface area contributed by atoms with E-state index in [0.29, 0.717) is 44.5 Å². The average molecular weight is 347 g/mol. The van der Waals surface area contributed by atoms with Gasteiger partial charge in [-0.05, 0) is 30.5 Å². The molecule has 0 radical (unpaired) electrons. The highest BCUT2D eigenvalue weighted by Crippen LogP contribution is 2.20. The van der Waals surface area contributed by atoms with Crippen molar-refractivity contribution < 1.29 is 19.5 Å². The number of hydrogen-bond acceptors (Lipinski definition) is 4. The van der Waals surface area contributed by atoms with Gasteiger partial charge in [0.15, 0.2) is 0 Å². The first kappa shape index (κ1) is 18.9. The van der Waals surface area contributed by atoms with E-state index in [0.717, 1.165) is 5.56 Å². The summed E-state index contributed by atoms with van der Waals surface area (Å²) in [4.78, 5) is 39.1. The fraction of sp³-hybridized carbons (Fsp3) is 0.500. The molecule has 2 rings (SSSR count). The molecule has 1 aromatic carbocycles. The quantitative estimate of drug-likeness (QED) is 0.801. The molecule has 3 N–H and O–H groups in total. The van der Waals surface area contributed by atoms with Crippen molar-refractivity contribution in [3.8, 4) is 0 Å². The van der Waals surface area contributed by atoms with E-state index in [1.165, 1.54) is 4.90 Å². The van der Waals surface area contributed by atoms with Gasteiger partial charge in [-0.2, -0.15) is 0 Å². The molecule has 25 heavy (non-hydrogen) atoms. The van der Waals surface area contributed by atoms with Gasteiger partial charge in [-0.3, -0.25) is 14.4 Å². The molecule has 1 heterocycles. The SMILES string of the molecule is CCC(=O)N1CCC(N(CC(=O)O)C(=O)c2cccc(CN)c2)CC1. The zero-order chi connectivity index (χ0) is 18.4. The van der Waals surface area contributed by atoms with Crippen LogP contribution in [0.1, 0.15) is 42.1 Å². The number of amides is 2. The topological polar surface area (TPSA) is 104 Å². The molecule has 1 fully saturated rings. The van der Waals surface area contributed by atoms with Crippen molar-refractivity contribution in [3.63, 3.8) is 0 Å². The maximum Gasteiger partial charge on any atom is 0.323 e. The Bertz CT molecular complexity index is 639. The van der Waals surface area contributed by atoms with Crippen molar-refractivity contribution >= 4 is 17.8 Å². The summed E-state index contributed by atoms with van der Waals surface area (Å²) < 4.78 is 0. The summed E-state index contributed by atoms with van der Waals surface area (Å²) in [5, 5.41) is 9.21. The van der Waals surface area contributed by atoms with E-state index in [1.54, 1.807) is 23.1 Å². The third kappa shape index (κ3) is 4.79. The van der Waals surface area contributed by atoms with Gasteiger partial charge in [0, 0.05) is 37.7 Å². The van der Waals surface area contributed by atoms with E-state index in [-0.39, 0.29) is 24.4 Å². The highest BCUT2D eigenvalue weighted by atomic mass is 16.4. The monoisotopic (exact) mass is 347 g/mol. The predicted molar refractivity (Wildman–Crippen MR) is 92.9 cm³/mol. The second kappa shape index (κ2) is 8.62. The number of aliphatic carboxylic acids is 1. The molecule has 1 aliphatic rings. The summed E-state index contributed by atoms with van der Waals surface area (Å²) in [5.41, 5.74) is 6.88. The van der Waals surface area contributed by atoms with Crippen LogP contribution in [0.5, 0.6) is 0 Å². The van der Waals surface area contributed by atoms with Crippen molar-refractivity contribution in [1.82, 2.24) is 9.80 Å². The number of benzene rings is 1. The van der Waals surface area contributed by atoms with E-state index in [2.05, 4.69) is 0 Å². The number of likely N-dealkylation sites (tertiary alicyclic amines) is 1. The maximum absolute atomic E-state index is 12.9. The van der Waals surface area contributed by atoms with E-state index in [1.807, 2.05) is 13.0 Å². The van der Waals surface area contributed by atoms with E-state index in [9.17, 15) is 19.5 Å². The number of nitrogens with zero attached hydrogens (tertiary/aromatic N) is 2. The van der Waals surface area contributed by atoms with Crippen molar-refractivity contribution in [2.45, 2.75) is 38.8 Å². The first-order valence-electron chi connectivity index (χ1n) is 8.55. The zero-order valence-electron chi connectivity index (χ0n) is 14.5. The molecule has 0 bridgehead atoms. The first-order chi connectivity index (χ1) is 12.0.